The Labute approximate surface area is 145 Å². The number of carbonyl (C=O) groups excluding carboxylic acids is 1. The lowest BCUT2D eigenvalue weighted by Gasteiger charge is -2.07. The fraction of sp³-hybridized carbons (Fsp3) is 0. The van der Waals surface area contributed by atoms with E-state index in [4.69, 9.17) is 21.4 Å². The molecule has 2 rings (SSSR count). The van der Waals surface area contributed by atoms with Gasteiger partial charge in [-0.15, -0.1) is 0 Å². The summed E-state index contributed by atoms with van der Waals surface area (Å²) in [6.45, 7) is 0. The van der Waals surface area contributed by atoms with E-state index in [9.17, 15) is 31.8 Å². The fourth-order valence-corrected chi connectivity index (χ4v) is 3.78. The first-order valence-electron chi connectivity index (χ1n) is 6.01. The van der Waals surface area contributed by atoms with Gasteiger partial charge < -0.3 is 10.2 Å². The van der Waals surface area contributed by atoms with Crippen LogP contribution >= 0.6 is 21.4 Å². The number of carbonyl (C=O) groups is 1. The molecule has 0 fully saturated rings. The molecule has 0 amide bonds. The van der Waals surface area contributed by atoms with Crippen molar-refractivity contribution >= 4 is 45.2 Å². The van der Waals surface area contributed by atoms with E-state index in [0.717, 1.165) is 36.4 Å². The molecule has 11 heteroatoms. The van der Waals surface area contributed by atoms with Gasteiger partial charge >= 0.3 is 0 Å². The summed E-state index contributed by atoms with van der Waals surface area (Å²) in [7, 11) is 1.73. The Balaban J connectivity index is 2.59. The van der Waals surface area contributed by atoms with E-state index in [1.807, 2.05) is 0 Å². The molecule has 7 nitrogen and oxygen atoms in total. The molecule has 0 aromatic heterocycles. The zero-order valence-electron chi connectivity index (χ0n) is 11.5. The number of benzene rings is 2. The number of halogens is 2. The van der Waals surface area contributed by atoms with Crippen LogP contribution in [0.5, 0.6) is 11.5 Å². The van der Waals surface area contributed by atoms with E-state index < -0.39 is 45.2 Å². The van der Waals surface area contributed by atoms with Gasteiger partial charge in [0.2, 0.25) is 0 Å². The first-order valence-corrected chi connectivity index (χ1v) is 10.6. The van der Waals surface area contributed by atoms with Gasteiger partial charge in [-0.1, -0.05) is 0 Å². The van der Waals surface area contributed by atoms with Gasteiger partial charge in [0, 0.05) is 32.5 Å². The minimum atomic E-state index is -4.30. The van der Waals surface area contributed by atoms with Crippen LogP contribution in [0, 0.1) is 0 Å². The summed E-state index contributed by atoms with van der Waals surface area (Å²) in [5, 5.41) is 19.0. The van der Waals surface area contributed by atoms with Crippen LogP contribution in [0.1, 0.15) is 15.9 Å². The molecular formula is C13H8Cl2O7S2. The Morgan fingerprint density at radius 1 is 0.750 bits per heavy atom. The van der Waals surface area contributed by atoms with Gasteiger partial charge in [-0.25, -0.2) is 16.8 Å². The average molecular weight is 411 g/mol. The average Bonchev–Trinajstić information content (AvgIpc) is 2.45. The van der Waals surface area contributed by atoms with Crippen LogP contribution in [0.25, 0.3) is 0 Å². The van der Waals surface area contributed by atoms with Crippen LogP contribution in [0.3, 0.4) is 0 Å². The molecule has 0 heterocycles. The second-order valence-corrected chi connectivity index (χ2v) is 9.64. The third kappa shape index (κ3) is 3.81. The molecule has 2 N–H and O–H groups in total. The highest BCUT2D eigenvalue weighted by Crippen LogP contribution is 2.30. The number of hydrogen-bond acceptors (Lipinski definition) is 7. The maximum Gasteiger partial charge on any atom is 0.264 e. The molecule has 0 spiro atoms. The Kier molecular flexibility index (Phi) is 4.82. The second-order valence-electron chi connectivity index (χ2n) is 4.57. The predicted molar refractivity (Wildman–Crippen MR) is 85.7 cm³/mol. The van der Waals surface area contributed by atoms with E-state index in [1.165, 1.54) is 0 Å². The number of hydrogen-bond donors (Lipinski definition) is 2. The molecule has 0 aliphatic rings. The standard InChI is InChI=1S/C13H8Cl2O7S2/c14-23(19,20)11-5-7(1-3-9(11)16)13(18)8-2-4-10(17)12(6-8)24(15,21)22/h1-6,16-17H. The molecule has 0 aliphatic carbocycles. The Hall–Kier alpha value is -1.81. The zero-order chi connectivity index (χ0) is 18.3. The Morgan fingerprint density at radius 3 is 1.38 bits per heavy atom. The monoisotopic (exact) mass is 410 g/mol. The molecule has 0 saturated heterocycles. The van der Waals surface area contributed by atoms with Crippen molar-refractivity contribution in [1.82, 2.24) is 0 Å². The molecule has 24 heavy (non-hydrogen) atoms. The van der Waals surface area contributed by atoms with Gasteiger partial charge in [0.15, 0.2) is 5.78 Å². The molecule has 0 unspecified atom stereocenters. The molecule has 0 bridgehead atoms. The lowest BCUT2D eigenvalue weighted by Crippen LogP contribution is -2.04. The van der Waals surface area contributed by atoms with Crippen molar-refractivity contribution in [2.75, 3.05) is 0 Å². The summed E-state index contributed by atoms with van der Waals surface area (Å²) in [5.41, 5.74) is -0.341. The number of aromatic hydroxyl groups is 2. The topological polar surface area (TPSA) is 126 Å². The van der Waals surface area contributed by atoms with Crippen LogP contribution in [-0.4, -0.2) is 32.8 Å². The molecule has 0 saturated carbocycles. The highest BCUT2D eigenvalue weighted by Gasteiger charge is 2.22. The lowest BCUT2D eigenvalue weighted by molar-refractivity contribution is 0.103. The van der Waals surface area contributed by atoms with E-state index in [-0.39, 0.29) is 11.1 Å². The molecule has 128 valence electrons. The predicted octanol–water partition coefficient (Wildman–Crippen LogP) is 2.18. The van der Waals surface area contributed by atoms with Crippen LogP contribution in [0.4, 0.5) is 0 Å². The van der Waals surface area contributed by atoms with Crippen LogP contribution < -0.4 is 0 Å². The highest BCUT2D eigenvalue weighted by molar-refractivity contribution is 8.14. The van der Waals surface area contributed by atoms with Crippen molar-refractivity contribution < 1.29 is 31.8 Å². The third-order valence-electron chi connectivity index (χ3n) is 2.97. The number of phenolic OH excluding ortho intramolecular Hbond substituents is 2. The Morgan fingerprint density at radius 2 is 1.08 bits per heavy atom. The van der Waals surface area contributed by atoms with E-state index in [1.54, 1.807) is 0 Å². The van der Waals surface area contributed by atoms with Crippen molar-refractivity contribution in [3.8, 4) is 11.5 Å². The maximum absolute atomic E-state index is 12.4. The zero-order valence-corrected chi connectivity index (χ0v) is 14.6. The van der Waals surface area contributed by atoms with Gasteiger partial charge in [0.05, 0.1) is 0 Å². The number of rotatable bonds is 4. The molecular weight excluding hydrogens is 403 g/mol. The SMILES string of the molecule is O=C(c1ccc(O)c(S(=O)(=O)Cl)c1)c1ccc(O)c(S(=O)(=O)Cl)c1. The summed E-state index contributed by atoms with van der Waals surface area (Å²) in [6.07, 6.45) is 0. The molecule has 2 aromatic carbocycles. The first kappa shape index (κ1) is 18.5. The third-order valence-corrected chi connectivity index (χ3v) is 5.67. The van der Waals surface area contributed by atoms with Crippen molar-refractivity contribution in [1.29, 1.82) is 0 Å². The summed E-state index contributed by atoms with van der Waals surface area (Å²) in [6, 6.07) is 5.88. The lowest BCUT2D eigenvalue weighted by atomic mass is 10.0. The fourth-order valence-electron chi connectivity index (χ4n) is 1.87. The molecule has 0 aliphatic heterocycles. The highest BCUT2D eigenvalue weighted by atomic mass is 35.7. The number of phenols is 2. The summed E-state index contributed by atoms with van der Waals surface area (Å²) < 4.78 is 45.4. The van der Waals surface area contributed by atoms with Gasteiger partial charge in [-0.05, 0) is 36.4 Å². The molecule has 2 aromatic rings. The quantitative estimate of drug-likeness (QED) is 0.583. The molecule has 0 radical (unpaired) electrons. The largest absolute Gasteiger partial charge is 0.507 e. The molecule has 0 atom stereocenters. The van der Waals surface area contributed by atoms with Gasteiger partial charge in [-0.2, -0.15) is 0 Å². The van der Waals surface area contributed by atoms with Crippen LogP contribution in [-0.2, 0) is 18.1 Å². The maximum atomic E-state index is 12.4. The summed E-state index contributed by atoms with van der Waals surface area (Å²) >= 11 is 0. The Bertz CT molecular complexity index is 960. The van der Waals surface area contributed by atoms with Crippen molar-refractivity contribution in [3.63, 3.8) is 0 Å². The van der Waals surface area contributed by atoms with Crippen LogP contribution in [0.15, 0.2) is 46.2 Å². The summed E-state index contributed by atoms with van der Waals surface area (Å²) in [4.78, 5) is 11.1. The second kappa shape index (κ2) is 6.25. The smallest absolute Gasteiger partial charge is 0.264 e. The van der Waals surface area contributed by atoms with E-state index >= 15 is 0 Å². The van der Waals surface area contributed by atoms with Crippen molar-refractivity contribution in [2.45, 2.75) is 9.79 Å². The first-order chi connectivity index (χ1) is 10.9. The summed E-state index contributed by atoms with van der Waals surface area (Å²) in [5.74, 6) is -2.05. The van der Waals surface area contributed by atoms with Gasteiger partial charge in [-0.3, -0.25) is 4.79 Å². The van der Waals surface area contributed by atoms with E-state index in [0.29, 0.717) is 0 Å². The number of ketones is 1. The van der Waals surface area contributed by atoms with Crippen molar-refractivity contribution in [2.24, 2.45) is 0 Å². The normalized spacial score (nSPS) is 12.1. The van der Waals surface area contributed by atoms with Gasteiger partial charge in [0.1, 0.15) is 21.3 Å². The van der Waals surface area contributed by atoms with Gasteiger partial charge in [0.25, 0.3) is 18.1 Å². The minimum Gasteiger partial charge on any atom is -0.507 e. The minimum absolute atomic E-state index is 0.171. The van der Waals surface area contributed by atoms with E-state index in [2.05, 4.69) is 0 Å². The van der Waals surface area contributed by atoms with Crippen molar-refractivity contribution in [3.05, 3.63) is 47.5 Å². The van der Waals surface area contributed by atoms with Crippen LogP contribution in [0.2, 0.25) is 0 Å².